The van der Waals surface area contributed by atoms with Crippen molar-refractivity contribution < 1.29 is 17.2 Å². The molecular weight excluding hydrogens is 492 g/mol. The lowest BCUT2D eigenvalue weighted by molar-refractivity contribution is 0.244. The molecule has 0 radical (unpaired) electrons. The largest absolute Gasteiger partial charge is 0.375 e. The second kappa shape index (κ2) is 13.8. The average molecular weight is 536 g/mol. The Bertz CT molecular complexity index is 1280. The summed E-state index contributed by atoms with van der Waals surface area (Å²) in [5.41, 5.74) is 0.524. The molecule has 0 aliphatic heterocycles. The summed E-state index contributed by atoms with van der Waals surface area (Å²) in [6.07, 6.45) is 11.1. The van der Waals surface area contributed by atoms with Crippen molar-refractivity contribution in [3.63, 3.8) is 0 Å². The van der Waals surface area contributed by atoms with Gasteiger partial charge >= 0.3 is 0 Å². The highest BCUT2D eigenvalue weighted by Gasteiger charge is 2.21. The van der Waals surface area contributed by atoms with E-state index in [1.807, 2.05) is 12.2 Å². The molecule has 0 saturated carbocycles. The van der Waals surface area contributed by atoms with Gasteiger partial charge in [-0.25, -0.2) is 17.2 Å². The van der Waals surface area contributed by atoms with Crippen molar-refractivity contribution in [2.24, 2.45) is 5.92 Å². The molecule has 0 aliphatic rings. The van der Waals surface area contributed by atoms with E-state index in [1.54, 1.807) is 19.2 Å². The number of rotatable bonds is 14. The minimum absolute atomic E-state index is 0.154. The van der Waals surface area contributed by atoms with Gasteiger partial charge in [0.15, 0.2) is 5.82 Å². The van der Waals surface area contributed by atoms with Gasteiger partial charge in [0.2, 0.25) is 10.0 Å². The number of halogens is 2. The van der Waals surface area contributed by atoms with E-state index < -0.39 is 21.7 Å². The number of anilines is 1. The summed E-state index contributed by atoms with van der Waals surface area (Å²) in [6, 6.07) is 4.29. The first kappa shape index (κ1) is 30.6. The molecule has 1 N–H and O–H groups in total. The van der Waals surface area contributed by atoms with E-state index in [-0.39, 0.29) is 17.1 Å². The predicted molar refractivity (Wildman–Crippen MR) is 152 cm³/mol. The summed E-state index contributed by atoms with van der Waals surface area (Å²) in [6.45, 7) is 14.5. The van der Waals surface area contributed by atoms with Crippen LogP contribution >= 0.6 is 0 Å². The summed E-state index contributed by atoms with van der Waals surface area (Å²) in [5.74, 6) is -1.63. The van der Waals surface area contributed by atoms with Crippen molar-refractivity contribution in [3.8, 4) is 5.69 Å². The van der Waals surface area contributed by atoms with Gasteiger partial charge in [-0.3, -0.25) is 4.72 Å². The molecule has 206 valence electrons. The van der Waals surface area contributed by atoms with Crippen LogP contribution in [0.15, 0.2) is 36.2 Å². The average Bonchev–Trinajstić information content (AvgIpc) is 3.20. The van der Waals surface area contributed by atoms with Crippen LogP contribution in [0.3, 0.4) is 0 Å². The van der Waals surface area contributed by atoms with E-state index in [4.69, 9.17) is 0 Å². The normalized spacial score (nSPS) is 13.9. The van der Waals surface area contributed by atoms with E-state index in [0.717, 1.165) is 49.9 Å². The molecule has 1 aromatic carbocycles. The zero-order chi connectivity index (χ0) is 27.8. The second-order valence-electron chi connectivity index (χ2n) is 9.68. The van der Waals surface area contributed by atoms with Crippen molar-refractivity contribution in [1.29, 1.82) is 0 Å². The van der Waals surface area contributed by atoms with E-state index in [2.05, 4.69) is 50.9 Å². The quantitative estimate of drug-likeness (QED) is 0.326. The molecule has 0 bridgehead atoms. The number of hydrogen-bond donors (Lipinski definition) is 1. The molecule has 1 unspecified atom stereocenters. The molecule has 37 heavy (non-hydrogen) atoms. The number of nitrogens with one attached hydrogen (secondary N) is 1. The van der Waals surface area contributed by atoms with Crippen molar-refractivity contribution in [2.45, 2.75) is 79.2 Å². The number of hydrogen-bond acceptors (Lipinski definition) is 3. The van der Waals surface area contributed by atoms with Gasteiger partial charge in [0.1, 0.15) is 11.5 Å². The SMILES string of the molecule is C=c1ccn(-c2c(F)ccc(NS(=O)(=O)CCC)c2F)/c1=C/C=C(\C(C)CC)N(C)C(CCC)CCC. The van der Waals surface area contributed by atoms with Crippen LogP contribution in [0.5, 0.6) is 0 Å². The number of benzene rings is 1. The first-order valence-corrected chi connectivity index (χ1v) is 15.0. The molecule has 2 rings (SSSR count). The van der Waals surface area contributed by atoms with Gasteiger partial charge in [-0.05, 0) is 67.2 Å². The highest BCUT2D eigenvalue weighted by atomic mass is 32.2. The molecular formula is C29H43F2N3O2S. The highest BCUT2D eigenvalue weighted by Crippen LogP contribution is 2.26. The van der Waals surface area contributed by atoms with Gasteiger partial charge in [-0.1, -0.05) is 54.0 Å². The van der Waals surface area contributed by atoms with Crippen LogP contribution in [-0.2, 0) is 10.0 Å². The van der Waals surface area contributed by atoms with Gasteiger partial charge in [0.25, 0.3) is 0 Å². The number of sulfonamides is 1. The standard InChI is InChI=1S/C29H43F2N3O2S/c1-8-12-23(13-9-2)33(7)26(21(5)11-4)16-17-27-22(6)18-19-34(27)29-24(30)14-15-25(28(29)31)32-37(35,36)20-10-3/h14-19,21,23,32H,6,8-13,20H2,1-5,7H3/b26-16+,27-17+. The molecule has 1 heterocycles. The molecule has 0 fully saturated rings. The van der Waals surface area contributed by atoms with Crippen LogP contribution < -0.4 is 15.3 Å². The Labute approximate surface area is 221 Å². The summed E-state index contributed by atoms with van der Waals surface area (Å²) in [7, 11) is -1.62. The molecule has 0 amide bonds. The maximum atomic E-state index is 15.5. The van der Waals surface area contributed by atoms with E-state index in [0.29, 0.717) is 28.9 Å². The molecule has 8 heteroatoms. The highest BCUT2D eigenvalue weighted by molar-refractivity contribution is 7.92. The predicted octanol–water partition coefficient (Wildman–Crippen LogP) is 5.93. The maximum Gasteiger partial charge on any atom is 0.232 e. The first-order valence-electron chi connectivity index (χ1n) is 13.3. The third kappa shape index (κ3) is 7.69. The minimum Gasteiger partial charge on any atom is -0.375 e. The Morgan fingerprint density at radius 2 is 1.76 bits per heavy atom. The zero-order valence-electron chi connectivity index (χ0n) is 23.2. The summed E-state index contributed by atoms with van der Waals surface area (Å²) >= 11 is 0. The van der Waals surface area contributed by atoms with Crippen molar-refractivity contribution >= 4 is 28.4 Å². The third-order valence-corrected chi connectivity index (χ3v) is 8.26. The van der Waals surface area contributed by atoms with Gasteiger partial charge in [0.05, 0.1) is 16.8 Å². The Hall–Kier alpha value is -2.61. The van der Waals surface area contributed by atoms with Crippen LogP contribution in [0.2, 0.25) is 0 Å². The molecule has 1 atom stereocenters. The summed E-state index contributed by atoms with van der Waals surface area (Å²) in [5, 5.41) is 1.14. The minimum atomic E-state index is -3.74. The van der Waals surface area contributed by atoms with Crippen molar-refractivity contribution in [3.05, 3.63) is 58.4 Å². The van der Waals surface area contributed by atoms with E-state index in [9.17, 15) is 12.8 Å². The fraction of sp³-hybridized carbons (Fsp3) is 0.517. The van der Waals surface area contributed by atoms with Crippen molar-refractivity contribution in [1.82, 2.24) is 9.47 Å². The third-order valence-electron chi connectivity index (χ3n) is 6.79. The first-order chi connectivity index (χ1) is 17.5. The fourth-order valence-electron chi connectivity index (χ4n) is 4.61. The summed E-state index contributed by atoms with van der Waals surface area (Å²) in [4.78, 5) is 2.35. The van der Waals surface area contributed by atoms with E-state index >= 15 is 4.39 Å². The lowest BCUT2D eigenvalue weighted by Gasteiger charge is -2.34. The molecule has 1 aromatic heterocycles. The van der Waals surface area contributed by atoms with Gasteiger partial charge < -0.3 is 9.47 Å². The maximum absolute atomic E-state index is 15.5. The van der Waals surface area contributed by atoms with Crippen LogP contribution in [0.1, 0.15) is 73.1 Å². The molecule has 0 aliphatic carbocycles. The van der Waals surface area contributed by atoms with Gasteiger partial charge in [-0.2, -0.15) is 0 Å². The lowest BCUT2D eigenvalue weighted by atomic mass is 9.98. The molecule has 0 spiro atoms. The van der Waals surface area contributed by atoms with Crippen LogP contribution in [-0.4, -0.2) is 36.7 Å². The topological polar surface area (TPSA) is 54.3 Å². The Kier molecular flexibility index (Phi) is 11.4. The molecule has 0 saturated heterocycles. The van der Waals surface area contributed by atoms with Crippen LogP contribution in [0, 0.1) is 17.6 Å². The van der Waals surface area contributed by atoms with Gasteiger partial charge in [0, 0.05) is 25.0 Å². The molecule has 2 aromatic rings. The monoisotopic (exact) mass is 535 g/mol. The zero-order valence-corrected chi connectivity index (χ0v) is 24.0. The fourth-order valence-corrected chi connectivity index (χ4v) is 5.74. The van der Waals surface area contributed by atoms with Gasteiger partial charge in [-0.15, -0.1) is 0 Å². The molecule has 5 nitrogen and oxygen atoms in total. The second-order valence-corrected chi connectivity index (χ2v) is 11.5. The Morgan fingerprint density at radius 1 is 1.11 bits per heavy atom. The van der Waals surface area contributed by atoms with Crippen LogP contribution in [0.25, 0.3) is 18.3 Å². The Morgan fingerprint density at radius 3 is 2.32 bits per heavy atom. The number of aromatic nitrogens is 1. The van der Waals surface area contributed by atoms with Crippen LogP contribution in [0.4, 0.5) is 14.5 Å². The number of nitrogens with zero attached hydrogens (tertiary/aromatic N) is 2. The Balaban J connectivity index is 2.66. The smallest absolute Gasteiger partial charge is 0.232 e. The number of allylic oxidation sites excluding steroid dienone is 2. The van der Waals surface area contributed by atoms with Crippen molar-refractivity contribution in [2.75, 3.05) is 17.5 Å². The summed E-state index contributed by atoms with van der Waals surface area (Å²) < 4.78 is 58.6. The van der Waals surface area contributed by atoms with E-state index in [1.165, 1.54) is 4.57 Å². The lowest BCUT2D eigenvalue weighted by Crippen LogP contribution is -2.33.